The van der Waals surface area contributed by atoms with Gasteiger partial charge in [0.15, 0.2) is 0 Å². The van der Waals surface area contributed by atoms with Crippen LogP contribution in [0.15, 0.2) is 18.2 Å². The van der Waals surface area contributed by atoms with E-state index in [9.17, 15) is 0 Å². The van der Waals surface area contributed by atoms with Crippen LogP contribution in [0.2, 0.25) is 5.02 Å². The molecular formula is C17H30Cl3N3. The molecule has 2 rings (SSSR count). The number of rotatable bonds is 3. The molecule has 3 nitrogen and oxygen atoms in total. The molecular weight excluding hydrogens is 353 g/mol. The fourth-order valence-electron chi connectivity index (χ4n) is 3.17. The topological polar surface area (TPSA) is 18.5 Å². The van der Waals surface area contributed by atoms with Crippen molar-refractivity contribution >= 4 is 42.1 Å². The molecule has 0 unspecified atom stereocenters. The first-order chi connectivity index (χ1) is 9.80. The molecule has 0 saturated carbocycles. The molecule has 0 amide bonds. The molecule has 1 N–H and O–H groups in total. The highest BCUT2D eigenvalue weighted by atomic mass is 35.5. The van der Waals surface area contributed by atoms with E-state index in [2.05, 4.69) is 54.1 Å². The molecule has 1 heterocycles. The SMILES string of the molecule is CN(C)c1ccc([C@H](N2CCNCC2)C(C)(C)C)c(Cl)c1.Cl.Cl. The van der Waals surface area contributed by atoms with Crippen molar-refractivity contribution in [1.82, 2.24) is 10.2 Å². The molecule has 1 atom stereocenters. The standard InChI is InChI=1S/C17H28ClN3.2ClH/c1-17(2,3)16(21-10-8-19-9-11-21)14-7-6-13(20(4)5)12-15(14)18;;/h6-7,12,16,19H,8-11H2,1-5H3;2*1H/t16-;;/m0../s1. The zero-order valence-corrected chi connectivity index (χ0v) is 17.1. The van der Waals surface area contributed by atoms with Crippen molar-refractivity contribution in [2.24, 2.45) is 5.41 Å². The Morgan fingerprint density at radius 1 is 1.13 bits per heavy atom. The third kappa shape index (κ3) is 5.68. The normalized spacial score (nSPS) is 17.0. The molecule has 1 fully saturated rings. The largest absolute Gasteiger partial charge is 0.378 e. The van der Waals surface area contributed by atoms with Gasteiger partial charge in [-0.25, -0.2) is 0 Å². The van der Waals surface area contributed by atoms with Crippen molar-refractivity contribution in [3.05, 3.63) is 28.8 Å². The summed E-state index contributed by atoms with van der Waals surface area (Å²) in [6.45, 7) is 11.2. The molecule has 1 aromatic carbocycles. The van der Waals surface area contributed by atoms with Crippen LogP contribution in [0.4, 0.5) is 5.69 Å². The summed E-state index contributed by atoms with van der Waals surface area (Å²) in [5.41, 5.74) is 2.55. The Hall–Kier alpha value is -0.190. The number of benzene rings is 1. The predicted molar refractivity (Wildman–Crippen MR) is 107 cm³/mol. The van der Waals surface area contributed by atoms with Crippen LogP contribution in [0.5, 0.6) is 0 Å². The monoisotopic (exact) mass is 381 g/mol. The zero-order chi connectivity index (χ0) is 15.6. The Bertz CT molecular complexity index is 480. The number of hydrogen-bond acceptors (Lipinski definition) is 3. The maximum Gasteiger partial charge on any atom is 0.0474 e. The number of nitrogens with zero attached hydrogens (tertiary/aromatic N) is 2. The van der Waals surface area contributed by atoms with E-state index >= 15 is 0 Å². The van der Waals surface area contributed by atoms with Gasteiger partial charge in [-0.2, -0.15) is 0 Å². The fourth-order valence-corrected chi connectivity index (χ4v) is 3.45. The number of nitrogens with one attached hydrogen (secondary N) is 1. The summed E-state index contributed by atoms with van der Waals surface area (Å²) in [5, 5.41) is 4.30. The molecule has 1 saturated heterocycles. The van der Waals surface area contributed by atoms with Gasteiger partial charge in [0.05, 0.1) is 0 Å². The lowest BCUT2D eigenvalue weighted by Crippen LogP contribution is -2.48. The van der Waals surface area contributed by atoms with Crippen LogP contribution in [-0.4, -0.2) is 45.2 Å². The van der Waals surface area contributed by atoms with Gasteiger partial charge in [-0.05, 0) is 23.1 Å². The first kappa shape index (κ1) is 22.8. The predicted octanol–water partition coefficient (Wildman–Crippen LogP) is 4.24. The van der Waals surface area contributed by atoms with Crippen molar-refractivity contribution in [1.29, 1.82) is 0 Å². The lowest BCUT2D eigenvalue weighted by molar-refractivity contribution is 0.0863. The van der Waals surface area contributed by atoms with E-state index in [1.54, 1.807) is 0 Å². The summed E-state index contributed by atoms with van der Waals surface area (Å²) in [6, 6.07) is 6.80. The maximum atomic E-state index is 6.62. The van der Waals surface area contributed by atoms with Gasteiger partial charge in [-0.15, -0.1) is 24.8 Å². The Morgan fingerprint density at radius 2 is 1.70 bits per heavy atom. The first-order valence-electron chi connectivity index (χ1n) is 7.72. The lowest BCUT2D eigenvalue weighted by atomic mass is 9.81. The fraction of sp³-hybridized carbons (Fsp3) is 0.647. The highest BCUT2D eigenvalue weighted by molar-refractivity contribution is 6.31. The smallest absolute Gasteiger partial charge is 0.0474 e. The summed E-state index contributed by atoms with van der Waals surface area (Å²) in [7, 11) is 4.09. The minimum Gasteiger partial charge on any atom is -0.378 e. The third-order valence-corrected chi connectivity index (χ3v) is 4.46. The minimum atomic E-state index is 0. The molecule has 0 radical (unpaired) electrons. The Labute approximate surface area is 158 Å². The average molecular weight is 383 g/mol. The third-order valence-electron chi connectivity index (χ3n) is 4.13. The molecule has 0 spiro atoms. The van der Waals surface area contributed by atoms with Crippen LogP contribution in [0, 0.1) is 5.41 Å². The lowest BCUT2D eigenvalue weighted by Gasteiger charge is -2.43. The molecule has 6 heteroatoms. The molecule has 1 aromatic rings. The maximum absolute atomic E-state index is 6.62. The molecule has 23 heavy (non-hydrogen) atoms. The van der Waals surface area contributed by atoms with Crippen LogP contribution in [0.1, 0.15) is 32.4 Å². The minimum absolute atomic E-state index is 0. The summed E-state index contributed by atoms with van der Waals surface area (Å²) < 4.78 is 0. The van der Waals surface area contributed by atoms with Crippen LogP contribution < -0.4 is 10.2 Å². The first-order valence-corrected chi connectivity index (χ1v) is 8.10. The Kier molecular flexibility index (Phi) is 9.26. The quantitative estimate of drug-likeness (QED) is 0.843. The van der Waals surface area contributed by atoms with E-state index < -0.39 is 0 Å². The molecule has 134 valence electrons. The molecule has 1 aliphatic rings. The number of halogens is 3. The van der Waals surface area contributed by atoms with E-state index in [1.807, 2.05) is 14.1 Å². The van der Waals surface area contributed by atoms with Gasteiger partial charge >= 0.3 is 0 Å². The van der Waals surface area contributed by atoms with Gasteiger partial charge < -0.3 is 10.2 Å². The van der Waals surface area contributed by atoms with E-state index in [0.29, 0.717) is 6.04 Å². The van der Waals surface area contributed by atoms with Gasteiger partial charge in [-0.1, -0.05) is 38.4 Å². The van der Waals surface area contributed by atoms with Crippen molar-refractivity contribution in [3.63, 3.8) is 0 Å². The average Bonchev–Trinajstić information content (AvgIpc) is 2.40. The number of anilines is 1. The van der Waals surface area contributed by atoms with Crippen molar-refractivity contribution in [2.75, 3.05) is 45.2 Å². The van der Waals surface area contributed by atoms with Crippen LogP contribution >= 0.6 is 36.4 Å². The second kappa shape index (κ2) is 9.33. The molecule has 0 aliphatic carbocycles. The van der Waals surface area contributed by atoms with Gasteiger partial charge in [0, 0.05) is 57.0 Å². The van der Waals surface area contributed by atoms with E-state index in [0.717, 1.165) is 36.9 Å². The number of hydrogen-bond donors (Lipinski definition) is 1. The van der Waals surface area contributed by atoms with Gasteiger partial charge in [0.2, 0.25) is 0 Å². The van der Waals surface area contributed by atoms with Crippen LogP contribution in [0.25, 0.3) is 0 Å². The Balaban J connectivity index is 0.00000242. The van der Waals surface area contributed by atoms with Crippen molar-refractivity contribution < 1.29 is 0 Å². The highest BCUT2D eigenvalue weighted by Gasteiger charge is 2.33. The van der Waals surface area contributed by atoms with Crippen LogP contribution in [0.3, 0.4) is 0 Å². The molecule has 1 aliphatic heterocycles. The van der Waals surface area contributed by atoms with Gasteiger partial charge in [0.1, 0.15) is 0 Å². The summed E-state index contributed by atoms with van der Waals surface area (Å²) >= 11 is 6.62. The Morgan fingerprint density at radius 3 is 2.13 bits per heavy atom. The van der Waals surface area contributed by atoms with Gasteiger partial charge in [-0.3, -0.25) is 4.90 Å². The highest BCUT2D eigenvalue weighted by Crippen LogP contribution is 2.41. The van der Waals surface area contributed by atoms with E-state index in [1.165, 1.54) is 5.56 Å². The van der Waals surface area contributed by atoms with Gasteiger partial charge in [0.25, 0.3) is 0 Å². The summed E-state index contributed by atoms with van der Waals surface area (Å²) in [6.07, 6.45) is 0. The van der Waals surface area contributed by atoms with Crippen molar-refractivity contribution in [2.45, 2.75) is 26.8 Å². The summed E-state index contributed by atoms with van der Waals surface area (Å²) in [5.74, 6) is 0. The second-order valence-corrected chi connectivity index (χ2v) is 7.56. The summed E-state index contributed by atoms with van der Waals surface area (Å²) in [4.78, 5) is 4.65. The number of piperazine rings is 1. The van der Waals surface area contributed by atoms with Crippen LogP contribution in [-0.2, 0) is 0 Å². The molecule has 0 aromatic heterocycles. The van der Waals surface area contributed by atoms with Crippen molar-refractivity contribution in [3.8, 4) is 0 Å². The zero-order valence-electron chi connectivity index (χ0n) is 14.7. The molecule has 0 bridgehead atoms. The van der Waals surface area contributed by atoms with E-state index in [-0.39, 0.29) is 30.2 Å². The second-order valence-electron chi connectivity index (χ2n) is 7.15. The van der Waals surface area contributed by atoms with E-state index in [4.69, 9.17) is 11.6 Å².